The number of benzene rings is 1. The van der Waals surface area contributed by atoms with Crippen molar-refractivity contribution in [1.82, 2.24) is 0 Å². The van der Waals surface area contributed by atoms with Crippen LogP contribution in [0.25, 0.3) is 0 Å². The molecular weight excluding hydrogens is 226 g/mol. The number of para-hydroxylation sites is 2. The van der Waals surface area contributed by atoms with E-state index in [0.29, 0.717) is 12.4 Å². The summed E-state index contributed by atoms with van der Waals surface area (Å²) in [6.45, 7) is 2.78. The van der Waals surface area contributed by atoms with Crippen molar-refractivity contribution in [3.8, 4) is 5.75 Å². The molecule has 4 heteroatoms. The Morgan fingerprint density at radius 1 is 1.50 bits per heavy atom. The standard InChI is InChI=1S/C12H14ClNO2/c1-9(6-13)7-14-10-4-2-3-5-11(10)16-8-12(14)15/h2-5,9H,6-8H2,1H3/t9-/m0/s1. The average molecular weight is 240 g/mol. The van der Waals surface area contributed by atoms with Crippen LogP contribution in [0.4, 0.5) is 5.69 Å². The lowest BCUT2D eigenvalue weighted by molar-refractivity contribution is -0.121. The molecule has 0 N–H and O–H groups in total. The molecule has 0 radical (unpaired) electrons. The van der Waals surface area contributed by atoms with Crippen LogP contribution in [-0.4, -0.2) is 24.9 Å². The van der Waals surface area contributed by atoms with Gasteiger partial charge >= 0.3 is 0 Å². The molecule has 86 valence electrons. The van der Waals surface area contributed by atoms with Crippen LogP contribution in [0, 0.1) is 5.92 Å². The molecule has 1 aliphatic rings. The number of ether oxygens (including phenoxy) is 1. The van der Waals surface area contributed by atoms with Gasteiger partial charge in [-0.25, -0.2) is 0 Å². The maximum Gasteiger partial charge on any atom is 0.265 e. The van der Waals surface area contributed by atoms with E-state index in [-0.39, 0.29) is 18.4 Å². The highest BCUT2D eigenvalue weighted by Crippen LogP contribution is 2.31. The van der Waals surface area contributed by atoms with E-state index < -0.39 is 0 Å². The van der Waals surface area contributed by atoms with E-state index in [1.165, 1.54) is 0 Å². The first-order valence-corrected chi connectivity index (χ1v) is 5.84. The zero-order valence-corrected chi connectivity index (χ0v) is 9.91. The van der Waals surface area contributed by atoms with Gasteiger partial charge in [-0.3, -0.25) is 4.79 Å². The van der Waals surface area contributed by atoms with Gasteiger partial charge < -0.3 is 9.64 Å². The molecule has 2 rings (SSSR count). The first-order chi connectivity index (χ1) is 7.72. The van der Waals surface area contributed by atoms with Crippen LogP contribution in [-0.2, 0) is 4.79 Å². The summed E-state index contributed by atoms with van der Waals surface area (Å²) in [5, 5.41) is 0. The monoisotopic (exact) mass is 239 g/mol. The highest BCUT2D eigenvalue weighted by atomic mass is 35.5. The zero-order chi connectivity index (χ0) is 11.5. The first kappa shape index (κ1) is 11.3. The van der Waals surface area contributed by atoms with Crippen LogP contribution < -0.4 is 9.64 Å². The van der Waals surface area contributed by atoms with E-state index >= 15 is 0 Å². The van der Waals surface area contributed by atoms with Gasteiger partial charge in [-0.1, -0.05) is 19.1 Å². The number of amides is 1. The fraction of sp³-hybridized carbons (Fsp3) is 0.417. The fourth-order valence-corrected chi connectivity index (χ4v) is 1.81. The molecule has 1 amide bonds. The van der Waals surface area contributed by atoms with E-state index in [1.54, 1.807) is 4.90 Å². The van der Waals surface area contributed by atoms with E-state index in [4.69, 9.17) is 16.3 Å². The quantitative estimate of drug-likeness (QED) is 0.758. The van der Waals surface area contributed by atoms with E-state index in [2.05, 4.69) is 0 Å². The van der Waals surface area contributed by atoms with Crippen molar-refractivity contribution < 1.29 is 9.53 Å². The molecule has 1 aromatic carbocycles. The SMILES string of the molecule is C[C@@H](CCl)CN1C(=O)COc2ccccc21. The Labute approximate surface area is 100.0 Å². The number of alkyl halides is 1. The van der Waals surface area contributed by atoms with Crippen LogP contribution in [0.2, 0.25) is 0 Å². The summed E-state index contributed by atoms with van der Waals surface area (Å²) in [5.74, 6) is 1.59. The van der Waals surface area contributed by atoms with Crippen LogP contribution in [0.1, 0.15) is 6.92 Å². The number of hydrogen-bond donors (Lipinski definition) is 0. The van der Waals surface area contributed by atoms with Gasteiger partial charge in [-0.05, 0) is 18.1 Å². The second-order valence-electron chi connectivity index (χ2n) is 4.02. The van der Waals surface area contributed by atoms with Crippen molar-refractivity contribution in [3.05, 3.63) is 24.3 Å². The number of rotatable bonds is 3. The molecule has 0 aliphatic carbocycles. The Morgan fingerprint density at radius 2 is 2.25 bits per heavy atom. The lowest BCUT2D eigenvalue weighted by atomic mass is 10.1. The lowest BCUT2D eigenvalue weighted by Crippen LogP contribution is -2.41. The molecule has 0 saturated carbocycles. The highest BCUT2D eigenvalue weighted by molar-refractivity contribution is 6.18. The molecule has 0 unspecified atom stereocenters. The Bertz CT molecular complexity index is 394. The molecule has 1 aliphatic heterocycles. The van der Waals surface area contributed by atoms with Crippen LogP contribution in [0.15, 0.2) is 24.3 Å². The minimum Gasteiger partial charge on any atom is -0.482 e. The lowest BCUT2D eigenvalue weighted by Gasteiger charge is -2.30. The first-order valence-electron chi connectivity index (χ1n) is 5.30. The van der Waals surface area contributed by atoms with Gasteiger partial charge in [0.05, 0.1) is 5.69 Å². The molecule has 1 heterocycles. The number of anilines is 1. The molecular formula is C12H14ClNO2. The number of fused-ring (bicyclic) bond motifs is 1. The number of carbonyl (C=O) groups is 1. The third-order valence-corrected chi connectivity index (χ3v) is 3.09. The second kappa shape index (κ2) is 4.74. The van der Waals surface area contributed by atoms with Crippen molar-refractivity contribution >= 4 is 23.2 Å². The minimum atomic E-state index is -0.00401. The number of carbonyl (C=O) groups excluding carboxylic acids is 1. The summed E-state index contributed by atoms with van der Waals surface area (Å²) < 4.78 is 5.36. The molecule has 0 saturated heterocycles. The van der Waals surface area contributed by atoms with Crippen molar-refractivity contribution in [1.29, 1.82) is 0 Å². The number of hydrogen-bond acceptors (Lipinski definition) is 2. The fourth-order valence-electron chi connectivity index (χ4n) is 1.71. The smallest absolute Gasteiger partial charge is 0.265 e. The van der Waals surface area contributed by atoms with Crippen molar-refractivity contribution in [2.75, 3.05) is 23.9 Å². The van der Waals surface area contributed by atoms with Gasteiger partial charge in [0.15, 0.2) is 6.61 Å². The maximum atomic E-state index is 11.8. The molecule has 1 aromatic rings. The van der Waals surface area contributed by atoms with Gasteiger partial charge in [0.2, 0.25) is 0 Å². The summed E-state index contributed by atoms with van der Waals surface area (Å²) in [5.41, 5.74) is 0.843. The second-order valence-corrected chi connectivity index (χ2v) is 4.33. The van der Waals surface area contributed by atoms with Crippen molar-refractivity contribution in [2.24, 2.45) is 5.92 Å². The Morgan fingerprint density at radius 3 is 3.00 bits per heavy atom. The molecule has 0 aromatic heterocycles. The van der Waals surface area contributed by atoms with E-state index in [9.17, 15) is 4.79 Å². The molecule has 16 heavy (non-hydrogen) atoms. The summed E-state index contributed by atoms with van der Waals surface area (Å²) in [7, 11) is 0. The molecule has 1 atom stereocenters. The predicted octanol–water partition coefficient (Wildman–Crippen LogP) is 2.29. The Balaban J connectivity index is 2.26. The summed E-state index contributed by atoms with van der Waals surface area (Å²) in [6.07, 6.45) is 0. The molecule has 0 fully saturated rings. The van der Waals surface area contributed by atoms with Crippen molar-refractivity contribution in [3.63, 3.8) is 0 Å². The summed E-state index contributed by atoms with van der Waals surface area (Å²) in [6, 6.07) is 7.57. The topological polar surface area (TPSA) is 29.5 Å². The van der Waals surface area contributed by atoms with Gasteiger partial charge in [0, 0.05) is 12.4 Å². The Hall–Kier alpha value is -1.22. The number of halogens is 1. The zero-order valence-electron chi connectivity index (χ0n) is 9.15. The summed E-state index contributed by atoms with van der Waals surface area (Å²) in [4.78, 5) is 13.5. The maximum absolute atomic E-state index is 11.8. The van der Waals surface area contributed by atoms with E-state index in [0.717, 1.165) is 11.4 Å². The normalized spacial score (nSPS) is 16.6. The van der Waals surface area contributed by atoms with Gasteiger partial charge in [-0.2, -0.15) is 0 Å². The largest absolute Gasteiger partial charge is 0.482 e. The molecule has 3 nitrogen and oxygen atoms in total. The van der Waals surface area contributed by atoms with Crippen molar-refractivity contribution in [2.45, 2.75) is 6.92 Å². The third-order valence-electron chi connectivity index (χ3n) is 2.57. The molecule has 0 bridgehead atoms. The van der Waals surface area contributed by atoms with Gasteiger partial charge in [-0.15, -0.1) is 11.6 Å². The van der Waals surface area contributed by atoms with Crippen LogP contribution in [0.3, 0.4) is 0 Å². The van der Waals surface area contributed by atoms with E-state index in [1.807, 2.05) is 31.2 Å². The Kier molecular flexibility index (Phi) is 3.34. The predicted molar refractivity (Wildman–Crippen MR) is 64.2 cm³/mol. The third kappa shape index (κ3) is 2.14. The highest BCUT2D eigenvalue weighted by Gasteiger charge is 2.25. The van der Waals surface area contributed by atoms with Gasteiger partial charge in [0.25, 0.3) is 5.91 Å². The van der Waals surface area contributed by atoms with Crippen LogP contribution in [0.5, 0.6) is 5.75 Å². The summed E-state index contributed by atoms with van der Waals surface area (Å²) >= 11 is 5.78. The van der Waals surface area contributed by atoms with Crippen LogP contribution >= 0.6 is 11.6 Å². The minimum absolute atomic E-state index is 0.00401. The average Bonchev–Trinajstić information content (AvgIpc) is 2.32. The van der Waals surface area contributed by atoms with Gasteiger partial charge in [0.1, 0.15) is 5.75 Å². The molecule has 0 spiro atoms. The number of nitrogens with zero attached hydrogens (tertiary/aromatic N) is 1.